The minimum absolute atomic E-state index is 0. The minimum atomic E-state index is 0. The van der Waals surface area contributed by atoms with Gasteiger partial charge in [0.15, 0.2) is 0 Å². The maximum atomic E-state index is 3.52. The molecular weight excluding hydrogens is 365 g/mol. The summed E-state index contributed by atoms with van der Waals surface area (Å²) in [6.45, 7) is 7.67. The zero-order valence-electron chi connectivity index (χ0n) is 15.5. The maximum absolute atomic E-state index is 3.52. The van der Waals surface area contributed by atoms with Crippen LogP contribution in [0.15, 0.2) is 54.6 Å². The average Bonchev–Trinajstić information content (AvgIpc) is 2.66. The zero-order chi connectivity index (χ0) is 16.6. The predicted molar refractivity (Wildman–Crippen MR) is 117 cm³/mol. The van der Waals surface area contributed by atoms with Crippen molar-refractivity contribution in [2.75, 3.05) is 31.5 Å². The standard InChI is InChI=1S/C21H29N3.2ClH/c1-2-6-21(24-15-13-22-14-16-24)19-9-11-20(12-10-19)23-17-18-7-4-3-5-8-18;;/h3-5,7-12,21-23H,2,6,13-17H2,1H3;2*1H/t21-;;/m1../s1. The third-order valence-electron chi connectivity index (χ3n) is 4.79. The van der Waals surface area contributed by atoms with E-state index in [0.717, 1.165) is 32.7 Å². The summed E-state index contributed by atoms with van der Waals surface area (Å²) in [5.74, 6) is 0. The Balaban J connectivity index is 0.00000169. The van der Waals surface area contributed by atoms with Gasteiger partial charge in [0.25, 0.3) is 0 Å². The summed E-state index contributed by atoms with van der Waals surface area (Å²) < 4.78 is 0. The van der Waals surface area contributed by atoms with E-state index >= 15 is 0 Å². The van der Waals surface area contributed by atoms with Gasteiger partial charge in [-0.1, -0.05) is 55.8 Å². The Kier molecular flexibility index (Phi) is 10.7. The minimum Gasteiger partial charge on any atom is -0.381 e. The second-order valence-electron chi connectivity index (χ2n) is 6.55. The van der Waals surface area contributed by atoms with Crippen LogP contribution in [0.4, 0.5) is 5.69 Å². The summed E-state index contributed by atoms with van der Waals surface area (Å²) in [6.07, 6.45) is 2.46. The van der Waals surface area contributed by atoms with E-state index in [9.17, 15) is 0 Å². The van der Waals surface area contributed by atoms with Crippen molar-refractivity contribution in [3.05, 3.63) is 65.7 Å². The molecule has 0 saturated carbocycles. The van der Waals surface area contributed by atoms with Crippen LogP contribution in [-0.2, 0) is 6.54 Å². The smallest absolute Gasteiger partial charge is 0.0400 e. The molecule has 1 heterocycles. The van der Waals surface area contributed by atoms with Crippen molar-refractivity contribution in [3.8, 4) is 0 Å². The number of piperazine rings is 1. The molecule has 3 nitrogen and oxygen atoms in total. The summed E-state index contributed by atoms with van der Waals surface area (Å²) >= 11 is 0. The van der Waals surface area contributed by atoms with Crippen molar-refractivity contribution in [2.24, 2.45) is 0 Å². The van der Waals surface area contributed by atoms with Crippen LogP contribution in [0, 0.1) is 0 Å². The highest BCUT2D eigenvalue weighted by Gasteiger charge is 2.21. The van der Waals surface area contributed by atoms with Crippen molar-refractivity contribution in [1.82, 2.24) is 10.2 Å². The number of rotatable bonds is 7. The Labute approximate surface area is 170 Å². The molecule has 26 heavy (non-hydrogen) atoms. The van der Waals surface area contributed by atoms with Crippen LogP contribution in [0.5, 0.6) is 0 Å². The van der Waals surface area contributed by atoms with Crippen LogP contribution in [0.3, 0.4) is 0 Å². The second-order valence-corrected chi connectivity index (χ2v) is 6.55. The first kappa shape index (κ1) is 22.8. The van der Waals surface area contributed by atoms with Gasteiger partial charge in [0, 0.05) is 44.5 Å². The molecule has 1 atom stereocenters. The van der Waals surface area contributed by atoms with E-state index in [1.165, 1.54) is 29.7 Å². The number of benzene rings is 2. The summed E-state index contributed by atoms with van der Waals surface area (Å²) in [6, 6.07) is 20.2. The molecule has 1 aliphatic heterocycles. The number of halogens is 2. The molecule has 0 spiro atoms. The molecule has 5 heteroatoms. The van der Waals surface area contributed by atoms with Crippen LogP contribution in [0.2, 0.25) is 0 Å². The molecule has 1 saturated heterocycles. The molecule has 0 unspecified atom stereocenters. The van der Waals surface area contributed by atoms with Crippen molar-refractivity contribution in [2.45, 2.75) is 32.4 Å². The number of nitrogens with zero attached hydrogens (tertiary/aromatic N) is 1. The van der Waals surface area contributed by atoms with Gasteiger partial charge in [-0.05, 0) is 29.7 Å². The van der Waals surface area contributed by atoms with E-state index in [-0.39, 0.29) is 24.8 Å². The van der Waals surface area contributed by atoms with E-state index in [1.54, 1.807) is 0 Å². The van der Waals surface area contributed by atoms with Crippen LogP contribution >= 0.6 is 24.8 Å². The monoisotopic (exact) mass is 395 g/mol. The Morgan fingerprint density at radius 2 is 1.62 bits per heavy atom. The Morgan fingerprint density at radius 1 is 0.962 bits per heavy atom. The Morgan fingerprint density at radius 3 is 2.23 bits per heavy atom. The number of nitrogens with one attached hydrogen (secondary N) is 2. The fraction of sp³-hybridized carbons (Fsp3) is 0.429. The molecule has 0 aliphatic carbocycles. The molecule has 0 bridgehead atoms. The van der Waals surface area contributed by atoms with Crippen LogP contribution in [0.1, 0.15) is 36.9 Å². The van der Waals surface area contributed by atoms with Gasteiger partial charge in [0.05, 0.1) is 0 Å². The molecule has 2 N–H and O–H groups in total. The zero-order valence-corrected chi connectivity index (χ0v) is 17.1. The second kappa shape index (κ2) is 12.2. The predicted octanol–water partition coefficient (Wildman–Crippen LogP) is 4.89. The third kappa shape index (κ3) is 6.48. The van der Waals surface area contributed by atoms with Gasteiger partial charge in [0.2, 0.25) is 0 Å². The van der Waals surface area contributed by atoms with Crippen molar-refractivity contribution in [1.29, 1.82) is 0 Å². The van der Waals surface area contributed by atoms with Crippen molar-refractivity contribution in [3.63, 3.8) is 0 Å². The fourth-order valence-electron chi connectivity index (χ4n) is 3.45. The van der Waals surface area contributed by atoms with Gasteiger partial charge < -0.3 is 10.6 Å². The van der Waals surface area contributed by atoms with E-state index in [2.05, 4.69) is 77.1 Å². The lowest BCUT2D eigenvalue weighted by atomic mass is 9.99. The first-order valence-electron chi connectivity index (χ1n) is 9.19. The largest absolute Gasteiger partial charge is 0.381 e. The maximum Gasteiger partial charge on any atom is 0.0400 e. The molecule has 0 radical (unpaired) electrons. The van der Waals surface area contributed by atoms with E-state index in [0.29, 0.717) is 6.04 Å². The van der Waals surface area contributed by atoms with E-state index < -0.39 is 0 Å². The molecule has 1 fully saturated rings. The van der Waals surface area contributed by atoms with Gasteiger partial charge >= 0.3 is 0 Å². The molecule has 1 aliphatic rings. The lowest BCUT2D eigenvalue weighted by Gasteiger charge is -2.35. The SMILES string of the molecule is CCC[C@H](c1ccc(NCc2ccccc2)cc1)N1CCNCC1.Cl.Cl. The average molecular weight is 396 g/mol. The molecule has 2 aromatic rings. The third-order valence-corrected chi connectivity index (χ3v) is 4.79. The highest BCUT2D eigenvalue weighted by atomic mass is 35.5. The van der Waals surface area contributed by atoms with Gasteiger partial charge in [-0.2, -0.15) is 0 Å². The van der Waals surface area contributed by atoms with Gasteiger partial charge in [-0.25, -0.2) is 0 Å². The normalized spacial score (nSPS) is 15.4. The van der Waals surface area contributed by atoms with Gasteiger partial charge in [0.1, 0.15) is 0 Å². The lowest BCUT2D eigenvalue weighted by molar-refractivity contribution is 0.164. The van der Waals surface area contributed by atoms with Crippen LogP contribution in [0.25, 0.3) is 0 Å². The number of hydrogen-bond acceptors (Lipinski definition) is 3. The molecule has 0 amide bonds. The highest BCUT2D eigenvalue weighted by Crippen LogP contribution is 2.27. The number of hydrogen-bond donors (Lipinski definition) is 2. The summed E-state index contributed by atoms with van der Waals surface area (Å²) in [5.41, 5.74) is 3.95. The molecule has 144 valence electrons. The van der Waals surface area contributed by atoms with Crippen LogP contribution < -0.4 is 10.6 Å². The first-order chi connectivity index (χ1) is 11.9. The Bertz CT molecular complexity index is 598. The molecule has 2 aromatic carbocycles. The van der Waals surface area contributed by atoms with Gasteiger partial charge in [-0.15, -0.1) is 24.8 Å². The van der Waals surface area contributed by atoms with E-state index in [4.69, 9.17) is 0 Å². The summed E-state index contributed by atoms with van der Waals surface area (Å²) in [5, 5.41) is 6.97. The topological polar surface area (TPSA) is 27.3 Å². The van der Waals surface area contributed by atoms with E-state index in [1.807, 2.05) is 0 Å². The molecular formula is C21H31Cl2N3. The number of anilines is 1. The Hall–Kier alpha value is -1.26. The quantitative estimate of drug-likeness (QED) is 0.698. The van der Waals surface area contributed by atoms with Gasteiger partial charge in [-0.3, -0.25) is 4.90 Å². The van der Waals surface area contributed by atoms with Crippen molar-refractivity contribution >= 4 is 30.5 Å². The summed E-state index contributed by atoms with van der Waals surface area (Å²) in [7, 11) is 0. The lowest BCUT2D eigenvalue weighted by Crippen LogP contribution is -2.45. The first-order valence-corrected chi connectivity index (χ1v) is 9.19. The van der Waals surface area contributed by atoms with Crippen LogP contribution in [-0.4, -0.2) is 31.1 Å². The highest BCUT2D eigenvalue weighted by molar-refractivity contribution is 5.85. The molecule has 3 rings (SSSR count). The van der Waals surface area contributed by atoms with Crippen molar-refractivity contribution < 1.29 is 0 Å². The fourth-order valence-corrected chi connectivity index (χ4v) is 3.45. The summed E-state index contributed by atoms with van der Waals surface area (Å²) in [4.78, 5) is 2.63. The molecule has 0 aromatic heterocycles.